The van der Waals surface area contributed by atoms with Crippen molar-refractivity contribution in [1.82, 2.24) is 20.9 Å². The first-order chi connectivity index (χ1) is 14.1. The Labute approximate surface area is 199 Å². The van der Waals surface area contributed by atoms with Gasteiger partial charge in [0.2, 0.25) is 0 Å². The number of likely N-dealkylation sites (tertiary alicyclic amines) is 1. The average molecular weight is 530 g/mol. The van der Waals surface area contributed by atoms with Gasteiger partial charge >= 0.3 is 0 Å². The van der Waals surface area contributed by atoms with Gasteiger partial charge in [0, 0.05) is 25.2 Å². The van der Waals surface area contributed by atoms with Gasteiger partial charge in [-0.05, 0) is 75.9 Å². The quantitative estimate of drug-likeness (QED) is 0.188. The van der Waals surface area contributed by atoms with Gasteiger partial charge in [-0.3, -0.25) is 4.79 Å². The standard InChI is InChI=1S/C23H39N5O.HI/c1-4-12-25-22(29)21-9-6-8-20(17-21)18-27-23(24-5-2)26-13-7-14-28-15-10-19(3)11-16-28;/h6,8-9,17,19H,4-5,7,10-16,18H2,1-3H3,(H,25,29)(H2,24,26,27);1H. The summed E-state index contributed by atoms with van der Waals surface area (Å²) in [5, 5.41) is 9.67. The Morgan fingerprint density at radius 2 is 1.90 bits per heavy atom. The minimum absolute atomic E-state index is 0. The highest BCUT2D eigenvalue weighted by Gasteiger charge is 2.14. The van der Waals surface area contributed by atoms with E-state index in [9.17, 15) is 4.79 Å². The van der Waals surface area contributed by atoms with Crippen LogP contribution in [0, 0.1) is 5.92 Å². The molecule has 1 saturated heterocycles. The summed E-state index contributed by atoms with van der Waals surface area (Å²) in [6, 6.07) is 7.71. The predicted molar refractivity (Wildman–Crippen MR) is 137 cm³/mol. The zero-order chi connectivity index (χ0) is 20.9. The molecule has 6 nitrogen and oxygen atoms in total. The largest absolute Gasteiger partial charge is 0.357 e. The van der Waals surface area contributed by atoms with Crippen molar-refractivity contribution in [2.75, 3.05) is 39.3 Å². The molecule has 1 aliphatic rings. The van der Waals surface area contributed by atoms with Crippen molar-refractivity contribution in [3.63, 3.8) is 0 Å². The number of nitrogens with zero attached hydrogens (tertiary/aromatic N) is 2. The van der Waals surface area contributed by atoms with Crippen molar-refractivity contribution < 1.29 is 4.79 Å². The number of hydrogen-bond donors (Lipinski definition) is 3. The lowest BCUT2D eigenvalue weighted by atomic mass is 9.99. The number of benzene rings is 1. The summed E-state index contributed by atoms with van der Waals surface area (Å²) in [5.41, 5.74) is 1.73. The van der Waals surface area contributed by atoms with Gasteiger partial charge in [-0.2, -0.15) is 0 Å². The van der Waals surface area contributed by atoms with Crippen LogP contribution in [-0.4, -0.2) is 56.0 Å². The molecule has 0 atom stereocenters. The number of halogens is 1. The fraction of sp³-hybridized carbons (Fsp3) is 0.652. The van der Waals surface area contributed by atoms with Crippen molar-refractivity contribution in [2.45, 2.75) is 53.0 Å². The van der Waals surface area contributed by atoms with Crippen LogP contribution in [0.1, 0.15) is 62.4 Å². The first-order valence-electron chi connectivity index (χ1n) is 11.2. The fourth-order valence-corrected chi connectivity index (χ4v) is 3.46. The number of hydrogen-bond acceptors (Lipinski definition) is 3. The second kappa shape index (κ2) is 15.5. The summed E-state index contributed by atoms with van der Waals surface area (Å²) in [6.07, 6.45) is 4.70. The molecule has 1 aromatic rings. The van der Waals surface area contributed by atoms with Crippen LogP contribution < -0.4 is 16.0 Å². The maximum atomic E-state index is 12.1. The molecule has 1 heterocycles. The van der Waals surface area contributed by atoms with Crippen molar-refractivity contribution in [1.29, 1.82) is 0 Å². The second-order valence-electron chi connectivity index (χ2n) is 7.96. The van der Waals surface area contributed by atoms with Gasteiger partial charge in [0.25, 0.3) is 5.91 Å². The summed E-state index contributed by atoms with van der Waals surface area (Å²) in [5.74, 6) is 1.70. The highest BCUT2D eigenvalue weighted by atomic mass is 127. The lowest BCUT2D eigenvalue weighted by Crippen LogP contribution is -2.39. The molecular formula is C23H40IN5O. The van der Waals surface area contributed by atoms with E-state index in [1.807, 2.05) is 31.2 Å². The molecule has 0 aliphatic carbocycles. The first-order valence-corrected chi connectivity index (χ1v) is 11.2. The molecule has 1 aromatic carbocycles. The van der Waals surface area contributed by atoms with Gasteiger partial charge in [-0.1, -0.05) is 26.0 Å². The van der Waals surface area contributed by atoms with Gasteiger partial charge in [0.05, 0.1) is 6.54 Å². The summed E-state index contributed by atoms with van der Waals surface area (Å²) in [7, 11) is 0. The number of guanidine groups is 1. The zero-order valence-corrected chi connectivity index (χ0v) is 21.2. The van der Waals surface area contributed by atoms with Crippen molar-refractivity contribution in [2.24, 2.45) is 10.9 Å². The smallest absolute Gasteiger partial charge is 0.251 e. The van der Waals surface area contributed by atoms with Crippen LogP contribution in [0.5, 0.6) is 0 Å². The third-order valence-electron chi connectivity index (χ3n) is 5.31. The molecule has 0 saturated carbocycles. The Kier molecular flexibility index (Phi) is 13.7. The normalized spacial score (nSPS) is 15.4. The van der Waals surface area contributed by atoms with Gasteiger partial charge in [-0.15, -0.1) is 24.0 Å². The molecule has 0 bridgehead atoms. The van der Waals surface area contributed by atoms with E-state index < -0.39 is 0 Å². The number of piperidine rings is 1. The molecule has 1 aliphatic heterocycles. The van der Waals surface area contributed by atoms with Gasteiger partial charge < -0.3 is 20.9 Å². The van der Waals surface area contributed by atoms with Gasteiger partial charge in [0.1, 0.15) is 0 Å². The molecule has 0 unspecified atom stereocenters. The number of amides is 1. The molecule has 1 fully saturated rings. The minimum atomic E-state index is -0.0187. The van der Waals surface area contributed by atoms with Crippen molar-refractivity contribution >= 4 is 35.8 Å². The average Bonchev–Trinajstić information content (AvgIpc) is 2.74. The van der Waals surface area contributed by atoms with Gasteiger partial charge in [0.15, 0.2) is 5.96 Å². The van der Waals surface area contributed by atoms with Crippen LogP contribution >= 0.6 is 24.0 Å². The molecule has 0 radical (unpaired) electrons. The van der Waals surface area contributed by atoms with E-state index in [1.165, 1.54) is 25.9 Å². The van der Waals surface area contributed by atoms with E-state index in [1.54, 1.807) is 0 Å². The molecule has 1 amide bonds. The number of aliphatic imine (C=N–C) groups is 1. The third kappa shape index (κ3) is 10.1. The van der Waals surface area contributed by atoms with E-state index in [-0.39, 0.29) is 29.9 Å². The number of rotatable bonds is 10. The summed E-state index contributed by atoms with van der Waals surface area (Å²) < 4.78 is 0. The predicted octanol–water partition coefficient (Wildman–Crippen LogP) is 3.62. The summed E-state index contributed by atoms with van der Waals surface area (Å²) >= 11 is 0. The van der Waals surface area contributed by atoms with Crippen LogP contribution in [0.15, 0.2) is 29.3 Å². The molecule has 0 spiro atoms. The highest BCUT2D eigenvalue weighted by molar-refractivity contribution is 14.0. The van der Waals surface area contributed by atoms with Crippen LogP contribution in [0.2, 0.25) is 0 Å². The topological polar surface area (TPSA) is 68.8 Å². The SMILES string of the molecule is CCCNC(=O)c1cccc(CN=C(NCC)NCCCN2CCC(C)CC2)c1.I. The van der Waals surface area contributed by atoms with Crippen LogP contribution in [0.3, 0.4) is 0 Å². The van der Waals surface area contributed by atoms with Crippen molar-refractivity contribution in [3.05, 3.63) is 35.4 Å². The first kappa shape index (κ1) is 26.7. The van der Waals surface area contributed by atoms with Crippen LogP contribution in [0.4, 0.5) is 0 Å². The highest BCUT2D eigenvalue weighted by Crippen LogP contribution is 2.15. The number of carbonyl (C=O) groups excluding carboxylic acids is 1. The minimum Gasteiger partial charge on any atom is -0.357 e. The maximum Gasteiger partial charge on any atom is 0.251 e. The Morgan fingerprint density at radius 1 is 1.13 bits per heavy atom. The number of carbonyl (C=O) groups is 1. The molecule has 30 heavy (non-hydrogen) atoms. The zero-order valence-electron chi connectivity index (χ0n) is 18.9. The van der Waals surface area contributed by atoms with Crippen molar-refractivity contribution in [3.8, 4) is 0 Å². The second-order valence-corrected chi connectivity index (χ2v) is 7.96. The Hall–Kier alpha value is -1.35. The third-order valence-corrected chi connectivity index (χ3v) is 5.31. The van der Waals surface area contributed by atoms with E-state index in [2.05, 4.69) is 39.7 Å². The number of nitrogens with one attached hydrogen (secondary N) is 3. The molecule has 7 heteroatoms. The maximum absolute atomic E-state index is 12.1. The molecular weight excluding hydrogens is 489 g/mol. The van der Waals surface area contributed by atoms with E-state index >= 15 is 0 Å². The molecule has 170 valence electrons. The van der Waals surface area contributed by atoms with Crippen LogP contribution in [-0.2, 0) is 6.54 Å². The Balaban J connectivity index is 0.00000450. The Bertz CT molecular complexity index is 644. The molecule has 0 aromatic heterocycles. The Morgan fingerprint density at radius 3 is 2.60 bits per heavy atom. The van der Waals surface area contributed by atoms with E-state index in [4.69, 9.17) is 0 Å². The van der Waals surface area contributed by atoms with E-state index in [0.29, 0.717) is 18.7 Å². The monoisotopic (exact) mass is 529 g/mol. The van der Waals surface area contributed by atoms with Crippen LogP contribution in [0.25, 0.3) is 0 Å². The van der Waals surface area contributed by atoms with Gasteiger partial charge in [-0.25, -0.2) is 4.99 Å². The summed E-state index contributed by atoms with van der Waals surface area (Å²) in [6.45, 7) is 13.1. The molecule has 2 rings (SSSR count). The molecule has 3 N–H and O–H groups in total. The lowest BCUT2D eigenvalue weighted by Gasteiger charge is -2.30. The van der Waals surface area contributed by atoms with E-state index in [0.717, 1.165) is 49.9 Å². The summed E-state index contributed by atoms with van der Waals surface area (Å²) in [4.78, 5) is 19.4. The lowest BCUT2D eigenvalue weighted by molar-refractivity contribution is 0.0953. The fourth-order valence-electron chi connectivity index (χ4n) is 3.46.